The van der Waals surface area contributed by atoms with E-state index in [0.29, 0.717) is 6.42 Å². The van der Waals surface area contributed by atoms with E-state index in [4.69, 9.17) is 4.98 Å². The number of rotatable bonds is 3. The molecular weight excluding hydrogens is 334 g/mol. The zero-order valence-electron chi connectivity index (χ0n) is 14.5. The van der Waals surface area contributed by atoms with Gasteiger partial charge >= 0.3 is 0 Å². The maximum absolute atomic E-state index is 13.0. The fourth-order valence-corrected chi connectivity index (χ4v) is 4.45. The summed E-state index contributed by atoms with van der Waals surface area (Å²) in [5.74, 6) is 0.173. The van der Waals surface area contributed by atoms with E-state index in [1.54, 1.807) is 22.0 Å². The molecule has 1 atom stereocenters. The van der Waals surface area contributed by atoms with Gasteiger partial charge in [0, 0.05) is 23.7 Å². The smallest absolute Gasteiger partial charge is 0.228 e. The Hall–Kier alpha value is -2.28. The first-order valence-electron chi connectivity index (χ1n) is 8.64. The van der Waals surface area contributed by atoms with E-state index in [1.165, 1.54) is 0 Å². The molecule has 130 valence electrons. The van der Waals surface area contributed by atoms with Crippen molar-refractivity contribution < 1.29 is 4.79 Å². The van der Waals surface area contributed by atoms with Crippen LogP contribution in [0.15, 0.2) is 24.5 Å². The number of fused-ring (bicyclic) bond motifs is 1. The van der Waals surface area contributed by atoms with Crippen molar-refractivity contribution in [3.63, 3.8) is 0 Å². The Bertz CT molecular complexity index is 915. The molecule has 4 heterocycles. The van der Waals surface area contributed by atoms with Crippen LogP contribution in [0.4, 0.5) is 0 Å². The molecule has 1 saturated heterocycles. The highest BCUT2D eigenvalue weighted by molar-refractivity contribution is 7.11. The average Bonchev–Trinajstić information content (AvgIpc) is 3.20. The van der Waals surface area contributed by atoms with Crippen LogP contribution in [-0.2, 0) is 11.2 Å². The summed E-state index contributed by atoms with van der Waals surface area (Å²) in [6.07, 6.45) is 7.24. The number of hydrogen-bond donors (Lipinski definition) is 0. The molecule has 0 unspecified atom stereocenters. The summed E-state index contributed by atoms with van der Waals surface area (Å²) in [6.45, 7) is 4.77. The minimum atomic E-state index is 0.0514. The van der Waals surface area contributed by atoms with Gasteiger partial charge in [-0.05, 0) is 39.2 Å². The molecule has 0 bridgehead atoms. The van der Waals surface area contributed by atoms with E-state index >= 15 is 0 Å². The summed E-state index contributed by atoms with van der Waals surface area (Å²) >= 11 is 1.62. The standard InChI is InChI=1S/C18H21N5OS/c1-12-16(25-13(2)20-12)11-18(24)22-9-4-3-5-15(22)14-7-10-23-17(21-14)6-8-19-23/h6-8,10,15H,3-5,9,11H2,1-2H3/t15-/m0/s1. The maximum Gasteiger partial charge on any atom is 0.228 e. The molecule has 0 spiro atoms. The molecule has 0 N–H and O–H groups in total. The summed E-state index contributed by atoms with van der Waals surface area (Å²) in [4.78, 5) is 25.2. The summed E-state index contributed by atoms with van der Waals surface area (Å²) in [5, 5.41) is 5.21. The lowest BCUT2D eigenvalue weighted by atomic mass is 9.98. The van der Waals surface area contributed by atoms with Crippen molar-refractivity contribution in [1.82, 2.24) is 24.5 Å². The molecule has 4 rings (SSSR count). The van der Waals surface area contributed by atoms with E-state index in [2.05, 4.69) is 10.1 Å². The Balaban J connectivity index is 1.59. The Labute approximate surface area is 150 Å². The number of carbonyl (C=O) groups is 1. The van der Waals surface area contributed by atoms with Gasteiger partial charge in [-0.3, -0.25) is 4.79 Å². The molecule has 0 saturated carbocycles. The molecule has 7 heteroatoms. The van der Waals surface area contributed by atoms with Crippen LogP contribution in [0.5, 0.6) is 0 Å². The van der Waals surface area contributed by atoms with Crippen molar-refractivity contribution in [3.05, 3.63) is 45.8 Å². The van der Waals surface area contributed by atoms with Crippen molar-refractivity contribution >= 4 is 22.9 Å². The number of aryl methyl sites for hydroxylation is 2. The lowest BCUT2D eigenvalue weighted by Gasteiger charge is -2.35. The second-order valence-corrected chi connectivity index (χ2v) is 7.79. The Morgan fingerprint density at radius 3 is 2.96 bits per heavy atom. The maximum atomic E-state index is 13.0. The van der Waals surface area contributed by atoms with Gasteiger partial charge in [0.2, 0.25) is 5.91 Å². The van der Waals surface area contributed by atoms with Crippen LogP contribution in [0.3, 0.4) is 0 Å². The Kier molecular flexibility index (Phi) is 4.25. The van der Waals surface area contributed by atoms with E-state index in [9.17, 15) is 4.79 Å². The first-order valence-corrected chi connectivity index (χ1v) is 9.46. The third-order valence-electron chi connectivity index (χ3n) is 4.76. The van der Waals surface area contributed by atoms with Crippen LogP contribution in [0.1, 0.15) is 46.6 Å². The van der Waals surface area contributed by atoms with Gasteiger partial charge in [-0.15, -0.1) is 11.3 Å². The van der Waals surface area contributed by atoms with Gasteiger partial charge in [0.05, 0.1) is 35.1 Å². The second kappa shape index (κ2) is 6.55. The lowest BCUT2D eigenvalue weighted by molar-refractivity contribution is -0.134. The zero-order valence-corrected chi connectivity index (χ0v) is 15.3. The van der Waals surface area contributed by atoms with E-state index in [0.717, 1.165) is 52.7 Å². The van der Waals surface area contributed by atoms with Crippen LogP contribution >= 0.6 is 11.3 Å². The highest BCUT2D eigenvalue weighted by atomic mass is 32.1. The quantitative estimate of drug-likeness (QED) is 0.724. The minimum absolute atomic E-state index is 0.0514. The van der Waals surface area contributed by atoms with Crippen molar-refractivity contribution in [3.8, 4) is 0 Å². The molecule has 0 aromatic carbocycles. The number of nitrogens with zero attached hydrogens (tertiary/aromatic N) is 5. The van der Waals surface area contributed by atoms with Crippen LogP contribution < -0.4 is 0 Å². The van der Waals surface area contributed by atoms with Crippen LogP contribution in [0, 0.1) is 13.8 Å². The number of aromatic nitrogens is 4. The molecule has 6 nitrogen and oxygen atoms in total. The molecule has 0 aliphatic carbocycles. The average molecular weight is 355 g/mol. The number of carbonyl (C=O) groups excluding carboxylic acids is 1. The third-order valence-corrected chi connectivity index (χ3v) is 5.83. The van der Waals surface area contributed by atoms with Gasteiger partial charge in [-0.1, -0.05) is 0 Å². The number of hydrogen-bond acceptors (Lipinski definition) is 5. The van der Waals surface area contributed by atoms with Gasteiger partial charge in [0.15, 0.2) is 5.65 Å². The highest BCUT2D eigenvalue weighted by Gasteiger charge is 2.29. The summed E-state index contributed by atoms with van der Waals surface area (Å²) in [6, 6.07) is 3.93. The van der Waals surface area contributed by atoms with Gasteiger partial charge in [-0.2, -0.15) is 5.10 Å². The molecule has 3 aromatic rings. The highest BCUT2D eigenvalue weighted by Crippen LogP contribution is 2.31. The summed E-state index contributed by atoms with van der Waals surface area (Å²) in [5.41, 5.74) is 2.76. The number of thiazole rings is 1. The summed E-state index contributed by atoms with van der Waals surface area (Å²) < 4.78 is 1.75. The zero-order chi connectivity index (χ0) is 17.4. The van der Waals surface area contributed by atoms with Crippen molar-refractivity contribution in [2.24, 2.45) is 0 Å². The Morgan fingerprint density at radius 1 is 1.28 bits per heavy atom. The van der Waals surface area contributed by atoms with Gasteiger partial charge in [0.1, 0.15) is 0 Å². The summed E-state index contributed by atoms with van der Waals surface area (Å²) in [7, 11) is 0. The van der Waals surface area contributed by atoms with Crippen LogP contribution in [-0.4, -0.2) is 36.9 Å². The molecule has 25 heavy (non-hydrogen) atoms. The molecule has 1 fully saturated rings. The van der Waals surface area contributed by atoms with Gasteiger partial charge in [-0.25, -0.2) is 14.5 Å². The van der Waals surface area contributed by atoms with Crippen molar-refractivity contribution in [2.45, 2.75) is 45.6 Å². The van der Waals surface area contributed by atoms with Gasteiger partial charge < -0.3 is 4.90 Å². The first-order chi connectivity index (χ1) is 12.1. The predicted molar refractivity (Wildman–Crippen MR) is 96.6 cm³/mol. The molecule has 1 amide bonds. The second-order valence-electron chi connectivity index (χ2n) is 6.50. The molecule has 1 aliphatic heterocycles. The van der Waals surface area contributed by atoms with Crippen molar-refractivity contribution in [1.29, 1.82) is 0 Å². The molecule has 3 aromatic heterocycles. The predicted octanol–water partition coefficient (Wildman–Crippen LogP) is 3.10. The molecule has 0 radical (unpaired) electrons. The van der Waals surface area contributed by atoms with E-state index < -0.39 is 0 Å². The van der Waals surface area contributed by atoms with Crippen LogP contribution in [0.25, 0.3) is 5.65 Å². The van der Waals surface area contributed by atoms with E-state index in [-0.39, 0.29) is 11.9 Å². The largest absolute Gasteiger partial charge is 0.334 e. The fraction of sp³-hybridized carbons (Fsp3) is 0.444. The lowest BCUT2D eigenvalue weighted by Crippen LogP contribution is -2.39. The molecule has 1 aliphatic rings. The molecular formula is C18H21N5OS. The normalized spacial score (nSPS) is 18.0. The number of piperidine rings is 1. The van der Waals surface area contributed by atoms with E-state index in [1.807, 2.05) is 37.1 Å². The Morgan fingerprint density at radius 2 is 2.16 bits per heavy atom. The monoisotopic (exact) mass is 355 g/mol. The fourth-order valence-electron chi connectivity index (χ4n) is 3.53. The topological polar surface area (TPSA) is 63.4 Å². The third kappa shape index (κ3) is 3.16. The van der Waals surface area contributed by atoms with Gasteiger partial charge in [0.25, 0.3) is 0 Å². The van der Waals surface area contributed by atoms with Crippen molar-refractivity contribution in [2.75, 3.05) is 6.54 Å². The van der Waals surface area contributed by atoms with Crippen LogP contribution in [0.2, 0.25) is 0 Å². The SMILES string of the molecule is Cc1nc(C)c(CC(=O)N2CCCC[C@H]2c2ccn3nccc3n2)s1. The minimum Gasteiger partial charge on any atom is -0.334 e. The number of likely N-dealkylation sites (tertiary alicyclic amines) is 1. The first kappa shape index (κ1) is 16.2. The number of amides is 1.